The van der Waals surface area contributed by atoms with E-state index < -0.39 is 10.1 Å². The van der Waals surface area contributed by atoms with Gasteiger partial charge >= 0.3 is 10.1 Å². The lowest BCUT2D eigenvalue weighted by Gasteiger charge is -2.19. The summed E-state index contributed by atoms with van der Waals surface area (Å²) in [4.78, 5) is 0.288. The van der Waals surface area contributed by atoms with Gasteiger partial charge in [0.25, 0.3) is 0 Å². The molecule has 5 heteroatoms. The van der Waals surface area contributed by atoms with Crippen molar-refractivity contribution in [1.29, 1.82) is 0 Å². The molecule has 0 fully saturated rings. The zero-order chi connectivity index (χ0) is 23.5. The van der Waals surface area contributed by atoms with Crippen LogP contribution in [0.15, 0.2) is 53.4 Å². The first-order chi connectivity index (χ1) is 15.2. The number of unbranched alkanes of at least 4 members (excludes halogenated alkanes) is 9. The molecule has 0 N–H and O–H groups in total. The molecule has 0 radical (unpaired) electrons. The third-order valence-electron chi connectivity index (χ3n) is 5.97. The molecular formula is C28H43IO3S. The number of halogens is 1. The summed E-state index contributed by atoms with van der Waals surface area (Å²) in [6, 6.07) is 14.6. The summed E-state index contributed by atoms with van der Waals surface area (Å²) >= 11 is 0. The van der Waals surface area contributed by atoms with E-state index in [1.165, 1.54) is 51.4 Å². The van der Waals surface area contributed by atoms with Crippen molar-refractivity contribution >= 4 is 34.1 Å². The molecule has 0 unspecified atom stereocenters. The lowest BCUT2D eigenvalue weighted by Crippen LogP contribution is -2.13. The molecule has 0 aliphatic carbocycles. The van der Waals surface area contributed by atoms with Crippen molar-refractivity contribution in [2.45, 2.75) is 109 Å². The molecule has 3 nitrogen and oxygen atoms in total. The fourth-order valence-corrected chi connectivity index (χ4v) is 5.13. The van der Waals surface area contributed by atoms with Gasteiger partial charge in [-0.1, -0.05) is 116 Å². The molecule has 0 heterocycles. The summed E-state index contributed by atoms with van der Waals surface area (Å²) in [5.74, 6) is 0.353. The van der Waals surface area contributed by atoms with Crippen molar-refractivity contribution in [3.05, 3.63) is 59.7 Å². The Labute approximate surface area is 219 Å². The number of benzene rings is 2. The van der Waals surface area contributed by atoms with Gasteiger partial charge in [-0.05, 0) is 47.6 Å². The molecule has 0 aromatic heterocycles. The molecule has 2 rings (SSSR count). The van der Waals surface area contributed by atoms with Gasteiger partial charge in [-0.3, -0.25) is 0 Å². The van der Waals surface area contributed by atoms with Crippen LogP contribution in [0.4, 0.5) is 0 Å². The van der Waals surface area contributed by atoms with Crippen LogP contribution in [0.25, 0.3) is 0 Å². The van der Waals surface area contributed by atoms with Crippen molar-refractivity contribution in [3.8, 4) is 5.75 Å². The Morgan fingerprint density at radius 3 is 1.79 bits per heavy atom. The average Bonchev–Trinajstić information content (AvgIpc) is 2.75. The van der Waals surface area contributed by atoms with Gasteiger partial charge in [0.05, 0.1) is 0 Å². The molecule has 2 aromatic rings. The molecule has 0 spiro atoms. The second kappa shape index (κ2) is 15.0. The van der Waals surface area contributed by atoms with Gasteiger partial charge in [-0.25, -0.2) is 0 Å². The zero-order valence-electron chi connectivity index (χ0n) is 20.9. The van der Waals surface area contributed by atoms with E-state index in [9.17, 15) is 8.42 Å². The van der Waals surface area contributed by atoms with E-state index in [0.29, 0.717) is 5.75 Å². The summed E-state index contributed by atoms with van der Waals surface area (Å²) in [5.41, 5.74) is 2.00. The maximum atomic E-state index is 13.0. The fraction of sp³-hybridized carbons (Fsp3) is 0.571. The molecule has 0 atom stereocenters. The number of hydrogen-bond donors (Lipinski definition) is 0. The molecule has 0 saturated carbocycles. The maximum absolute atomic E-state index is 13.0. The largest absolute Gasteiger partial charge is 0.379 e. The lowest BCUT2D eigenvalue weighted by atomic mass is 9.87. The molecule has 33 heavy (non-hydrogen) atoms. The minimum absolute atomic E-state index is 0. The van der Waals surface area contributed by atoms with Crippen LogP contribution in [0, 0.1) is 0 Å². The average molecular weight is 587 g/mol. The summed E-state index contributed by atoms with van der Waals surface area (Å²) in [6.07, 6.45) is 13.4. The van der Waals surface area contributed by atoms with Crippen molar-refractivity contribution in [2.75, 3.05) is 0 Å². The van der Waals surface area contributed by atoms with Crippen LogP contribution in [0.5, 0.6) is 5.75 Å². The van der Waals surface area contributed by atoms with Crippen LogP contribution in [-0.4, -0.2) is 8.42 Å². The third kappa shape index (κ3) is 10.8. The molecule has 2 aromatic carbocycles. The van der Waals surface area contributed by atoms with E-state index in [0.717, 1.165) is 30.4 Å². The minimum Gasteiger partial charge on any atom is -0.379 e. The molecule has 0 amide bonds. The van der Waals surface area contributed by atoms with Gasteiger partial charge in [0.2, 0.25) is 0 Å². The number of rotatable bonds is 14. The van der Waals surface area contributed by atoms with Crippen molar-refractivity contribution < 1.29 is 12.6 Å². The van der Waals surface area contributed by atoms with Crippen LogP contribution in [0.3, 0.4) is 0 Å². The van der Waals surface area contributed by atoms with Gasteiger partial charge in [0.15, 0.2) is 0 Å². The second-order valence-electron chi connectivity index (χ2n) is 9.85. The normalized spacial score (nSPS) is 11.8. The quantitative estimate of drug-likeness (QED) is 0.126. The van der Waals surface area contributed by atoms with E-state index in [1.807, 2.05) is 24.3 Å². The zero-order valence-corrected chi connectivity index (χ0v) is 24.1. The summed E-state index contributed by atoms with van der Waals surface area (Å²) in [5, 5.41) is 0. The Morgan fingerprint density at radius 2 is 1.24 bits per heavy atom. The van der Waals surface area contributed by atoms with E-state index in [4.69, 9.17) is 4.18 Å². The molecule has 0 bridgehead atoms. The van der Waals surface area contributed by atoms with Gasteiger partial charge in [-0.15, -0.1) is 24.0 Å². The van der Waals surface area contributed by atoms with Gasteiger partial charge in [-0.2, -0.15) is 8.42 Å². The molecule has 0 aliphatic rings. The maximum Gasteiger partial charge on any atom is 0.339 e. The highest BCUT2D eigenvalue weighted by Crippen LogP contribution is 2.27. The summed E-state index contributed by atoms with van der Waals surface area (Å²) in [6.45, 7) is 8.64. The SMILES string of the molecule is CCCCCCCCCCCCc1ccccc1S(=O)(=O)Oc1ccc(C(C)(C)C)cc1.I. The number of hydrogen-bond acceptors (Lipinski definition) is 3. The molecule has 186 valence electrons. The van der Waals surface area contributed by atoms with Crippen LogP contribution < -0.4 is 4.18 Å². The first kappa shape index (κ1) is 30.0. The highest BCUT2D eigenvalue weighted by Gasteiger charge is 2.21. The van der Waals surface area contributed by atoms with Gasteiger partial charge < -0.3 is 4.18 Å². The first-order valence-electron chi connectivity index (χ1n) is 12.4. The van der Waals surface area contributed by atoms with Gasteiger partial charge in [0, 0.05) is 0 Å². The monoisotopic (exact) mass is 586 g/mol. The Morgan fingerprint density at radius 1 is 0.727 bits per heavy atom. The standard InChI is InChI=1S/C28H42O3S.HI/c1-5-6-7-8-9-10-11-12-13-14-17-24-18-15-16-19-27(24)32(29,30)31-26-22-20-25(21-23-26)28(2,3)4;/h15-16,18-23H,5-14,17H2,1-4H3;1H. The smallest absolute Gasteiger partial charge is 0.339 e. The van der Waals surface area contributed by atoms with Crippen molar-refractivity contribution in [2.24, 2.45) is 0 Å². The van der Waals surface area contributed by atoms with Crippen LogP contribution in [-0.2, 0) is 22.0 Å². The Hall–Kier alpha value is -1.08. The minimum atomic E-state index is -3.85. The molecule has 0 saturated heterocycles. The summed E-state index contributed by atoms with van der Waals surface area (Å²) in [7, 11) is -3.85. The van der Waals surface area contributed by atoms with Crippen LogP contribution >= 0.6 is 24.0 Å². The highest BCUT2D eigenvalue weighted by molar-refractivity contribution is 14.0. The van der Waals surface area contributed by atoms with Crippen molar-refractivity contribution in [1.82, 2.24) is 0 Å². The lowest BCUT2D eigenvalue weighted by molar-refractivity contribution is 0.484. The first-order valence-corrected chi connectivity index (χ1v) is 13.8. The predicted molar refractivity (Wildman–Crippen MR) is 150 cm³/mol. The van der Waals surface area contributed by atoms with Gasteiger partial charge in [0.1, 0.15) is 10.6 Å². The topological polar surface area (TPSA) is 43.4 Å². The highest BCUT2D eigenvalue weighted by atomic mass is 127. The Balaban J connectivity index is 0.00000544. The Bertz CT molecular complexity index is 899. The molecular weight excluding hydrogens is 543 g/mol. The van der Waals surface area contributed by atoms with E-state index in [2.05, 4.69) is 27.7 Å². The van der Waals surface area contributed by atoms with Crippen LogP contribution in [0.1, 0.15) is 103 Å². The number of aryl methyl sites for hydroxylation is 1. The predicted octanol–water partition coefficient (Wildman–Crippen LogP) is 8.83. The van der Waals surface area contributed by atoms with E-state index in [-0.39, 0.29) is 34.3 Å². The summed E-state index contributed by atoms with van der Waals surface area (Å²) < 4.78 is 31.4. The molecule has 0 aliphatic heterocycles. The third-order valence-corrected chi connectivity index (χ3v) is 7.32. The van der Waals surface area contributed by atoms with E-state index >= 15 is 0 Å². The van der Waals surface area contributed by atoms with Crippen LogP contribution in [0.2, 0.25) is 0 Å². The second-order valence-corrected chi connectivity index (χ2v) is 11.4. The Kier molecular flexibility index (Phi) is 13.6. The van der Waals surface area contributed by atoms with E-state index in [1.54, 1.807) is 24.3 Å². The fourth-order valence-electron chi connectivity index (χ4n) is 3.94. The van der Waals surface area contributed by atoms with Crippen molar-refractivity contribution in [3.63, 3.8) is 0 Å².